The molecule has 1 aromatic heterocycles. The van der Waals surface area contributed by atoms with Gasteiger partial charge >= 0.3 is 0 Å². The summed E-state index contributed by atoms with van der Waals surface area (Å²) in [7, 11) is 0. The molecule has 0 unspecified atom stereocenters. The third-order valence-electron chi connectivity index (χ3n) is 2.88. The van der Waals surface area contributed by atoms with Crippen LogP contribution in [-0.4, -0.2) is 9.97 Å². The highest BCUT2D eigenvalue weighted by Gasteiger charge is 2.06. The first-order chi connectivity index (χ1) is 9.10. The second kappa shape index (κ2) is 6.02. The zero-order valence-corrected chi connectivity index (χ0v) is 12.1. The molecule has 0 aliphatic rings. The van der Waals surface area contributed by atoms with Gasteiger partial charge in [-0.3, -0.25) is 4.98 Å². The molecule has 0 radical (unpaired) electrons. The number of aromatic nitrogens is 2. The van der Waals surface area contributed by atoms with E-state index in [1.165, 1.54) is 11.1 Å². The number of alkyl halides is 1. The van der Waals surface area contributed by atoms with Gasteiger partial charge in [0.25, 0.3) is 0 Å². The zero-order chi connectivity index (χ0) is 13.8. The van der Waals surface area contributed by atoms with Crippen molar-refractivity contribution < 1.29 is 4.74 Å². The maximum Gasteiger partial charge on any atom is 0.238 e. The molecule has 0 atom stereocenters. The van der Waals surface area contributed by atoms with Crippen LogP contribution < -0.4 is 4.74 Å². The van der Waals surface area contributed by atoms with Gasteiger partial charge in [-0.2, -0.15) is 0 Å². The maximum absolute atomic E-state index is 5.72. The monoisotopic (exact) mass is 276 g/mol. The lowest BCUT2D eigenvalue weighted by Crippen LogP contribution is -1.95. The van der Waals surface area contributed by atoms with E-state index >= 15 is 0 Å². The van der Waals surface area contributed by atoms with E-state index in [0.29, 0.717) is 23.4 Å². The van der Waals surface area contributed by atoms with E-state index in [1.807, 2.05) is 12.1 Å². The first-order valence-corrected chi connectivity index (χ1v) is 6.79. The molecule has 0 fully saturated rings. The number of benzene rings is 1. The minimum absolute atomic E-state index is 0.329. The number of hydrogen-bond donors (Lipinski definition) is 0. The fraction of sp³-hybridized carbons (Fsp3) is 0.333. The number of halogens is 1. The summed E-state index contributed by atoms with van der Waals surface area (Å²) in [6.07, 6.45) is 3.22. The Kier molecular flexibility index (Phi) is 4.38. The zero-order valence-electron chi connectivity index (χ0n) is 11.4. The van der Waals surface area contributed by atoms with Crippen molar-refractivity contribution in [2.24, 2.45) is 0 Å². The van der Waals surface area contributed by atoms with Crippen molar-refractivity contribution in [1.29, 1.82) is 0 Å². The van der Waals surface area contributed by atoms with Gasteiger partial charge < -0.3 is 4.74 Å². The molecular weight excluding hydrogens is 260 g/mol. The lowest BCUT2D eigenvalue weighted by atomic mass is 9.98. The highest BCUT2D eigenvalue weighted by atomic mass is 35.5. The first kappa shape index (κ1) is 13.8. The van der Waals surface area contributed by atoms with Crippen LogP contribution in [0.2, 0.25) is 0 Å². The molecule has 2 rings (SSSR count). The molecule has 0 saturated carbocycles. The molecule has 4 heteroatoms. The van der Waals surface area contributed by atoms with E-state index in [0.717, 1.165) is 5.75 Å². The van der Waals surface area contributed by atoms with Crippen molar-refractivity contribution in [3.05, 3.63) is 47.4 Å². The van der Waals surface area contributed by atoms with Gasteiger partial charge in [0.1, 0.15) is 5.75 Å². The highest BCUT2D eigenvalue weighted by molar-refractivity contribution is 6.16. The summed E-state index contributed by atoms with van der Waals surface area (Å²) in [5.41, 5.74) is 3.25. The number of hydrogen-bond acceptors (Lipinski definition) is 3. The van der Waals surface area contributed by atoms with Crippen molar-refractivity contribution >= 4 is 11.6 Å². The summed E-state index contributed by atoms with van der Waals surface area (Å²) in [6.45, 7) is 6.44. The Morgan fingerprint density at radius 3 is 2.68 bits per heavy atom. The van der Waals surface area contributed by atoms with Gasteiger partial charge in [-0.25, -0.2) is 4.98 Å². The molecule has 1 aromatic carbocycles. The minimum Gasteiger partial charge on any atom is -0.437 e. The molecule has 19 heavy (non-hydrogen) atoms. The predicted molar refractivity (Wildman–Crippen MR) is 76.9 cm³/mol. The van der Waals surface area contributed by atoms with Crippen LogP contribution in [0, 0.1) is 6.92 Å². The predicted octanol–water partition coefficient (Wildman–Crippen LogP) is 4.44. The van der Waals surface area contributed by atoms with E-state index in [1.54, 1.807) is 12.4 Å². The van der Waals surface area contributed by atoms with Crippen LogP contribution in [0.4, 0.5) is 0 Å². The molecule has 0 aliphatic heterocycles. The Balaban J connectivity index is 2.21. The summed E-state index contributed by atoms with van der Waals surface area (Å²) in [6, 6.07) is 6.07. The first-order valence-electron chi connectivity index (χ1n) is 6.25. The van der Waals surface area contributed by atoms with Crippen LogP contribution in [0.15, 0.2) is 30.6 Å². The fourth-order valence-corrected chi connectivity index (χ4v) is 2.11. The van der Waals surface area contributed by atoms with Crippen LogP contribution in [-0.2, 0) is 5.88 Å². The van der Waals surface area contributed by atoms with Gasteiger partial charge in [-0.15, -0.1) is 11.6 Å². The molecule has 0 bridgehead atoms. The Morgan fingerprint density at radius 1 is 1.26 bits per heavy atom. The van der Waals surface area contributed by atoms with Gasteiger partial charge in [0.2, 0.25) is 5.88 Å². The van der Waals surface area contributed by atoms with Crippen LogP contribution >= 0.6 is 11.6 Å². The number of rotatable bonds is 4. The lowest BCUT2D eigenvalue weighted by molar-refractivity contribution is 0.458. The van der Waals surface area contributed by atoms with E-state index in [2.05, 4.69) is 36.8 Å². The standard InChI is InChI=1S/C15H17ClN2O/c1-10(2)14-5-4-13(6-11(14)3)19-15-9-17-8-12(7-16)18-15/h4-6,8-10H,7H2,1-3H3. The number of aryl methyl sites for hydroxylation is 1. The van der Waals surface area contributed by atoms with E-state index in [9.17, 15) is 0 Å². The summed E-state index contributed by atoms with van der Waals surface area (Å²) in [5, 5.41) is 0. The summed E-state index contributed by atoms with van der Waals surface area (Å²) < 4.78 is 5.70. The van der Waals surface area contributed by atoms with Crippen LogP contribution in [0.25, 0.3) is 0 Å². The largest absolute Gasteiger partial charge is 0.437 e. The minimum atomic E-state index is 0.329. The SMILES string of the molecule is Cc1cc(Oc2cncc(CCl)n2)ccc1C(C)C. The van der Waals surface area contributed by atoms with E-state index < -0.39 is 0 Å². The van der Waals surface area contributed by atoms with Crippen molar-refractivity contribution in [1.82, 2.24) is 9.97 Å². The van der Waals surface area contributed by atoms with Crippen molar-refractivity contribution in [2.75, 3.05) is 0 Å². The molecule has 100 valence electrons. The second-order valence-corrected chi connectivity index (χ2v) is 5.02. The van der Waals surface area contributed by atoms with Crippen molar-refractivity contribution in [3.63, 3.8) is 0 Å². The van der Waals surface area contributed by atoms with E-state index in [-0.39, 0.29) is 0 Å². The summed E-state index contributed by atoms with van der Waals surface area (Å²) >= 11 is 5.72. The molecular formula is C15H17ClN2O. The quantitative estimate of drug-likeness (QED) is 0.775. The summed E-state index contributed by atoms with van der Waals surface area (Å²) in [5.74, 6) is 2.07. The molecule has 1 heterocycles. The van der Waals surface area contributed by atoms with E-state index in [4.69, 9.17) is 16.3 Å². The van der Waals surface area contributed by atoms with Gasteiger partial charge in [0.15, 0.2) is 0 Å². The number of ether oxygens (including phenoxy) is 1. The molecule has 3 nitrogen and oxygen atoms in total. The van der Waals surface area contributed by atoms with Gasteiger partial charge in [-0.1, -0.05) is 19.9 Å². The fourth-order valence-electron chi connectivity index (χ4n) is 1.98. The molecule has 2 aromatic rings. The smallest absolute Gasteiger partial charge is 0.238 e. The molecule has 0 amide bonds. The van der Waals surface area contributed by atoms with Gasteiger partial charge in [-0.05, 0) is 36.1 Å². The Hall–Kier alpha value is -1.61. The topological polar surface area (TPSA) is 35.0 Å². The third kappa shape index (κ3) is 3.44. The highest BCUT2D eigenvalue weighted by Crippen LogP contribution is 2.26. The maximum atomic E-state index is 5.72. The Bertz CT molecular complexity index is 570. The van der Waals surface area contributed by atoms with Crippen LogP contribution in [0.3, 0.4) is 0 Å². The summed E-state index contributed by atoms with van der Waals surface area (Å²) in [4.78, 5) is 8.30. The molecule has 0 N–H and O–H groups in total. The molecule has 0 spiro atoms. The van der Waals surface area contributed by atoms with Crippen molar-refractivity contribution in [2.45, 2.75) is 32.6 Å². The van der Waals surface area contributed by atoms with Gasteiger partial charge in [0.05, 0.1) is 17.8 Å². The molecule has 0 aliphatic carbocycles. The number of nitrogens with zero attached hydrogens (tertiary/aromatic N) is 2. The second-order valence-electron chi connectivity index (χ2n) is 4.76. The normalized spacial score (nSPS) is 10.8. The molecule has 0 saturated heterocycles. The Labute approximate surface area is 118 Å². The van der Waals surface area contributed by atoms with Crippen molar-refractivity contribution in [3.8, 4) is 11.6 Å². The lowest BCUT2D eigenvalue weighted by Gasteiger charge is -2.11. The van der Waals surface area contributed by atoms with Crippen LogP contribution in [0.5, 0.6) is 11.6 Å². The van der Waals surface area contributed by atoms with Crippen LogP contribution in [0.1, 0.15) is 36.6 Å². The Morgan fingerprint density at radius 2 is 2.05 bits per heavy atom. The third-order valence-corrected chi connectivity index (χ3v) is 3.16. The van der Waals surface area contributed by atoms with Gasteiger partial charge in [0, 0.05) is 6.20 Å². The average molecular weight is 277 g/mol. The average Bonchev–Trinajstić information content (AvgIpc) is 2.38.